The van der Waals surface area contributed by atoms with Gasteiger partial charge in [0.2, 0.25) is 0 Å². The number of aromatic nitrogens is 1. The maximum Gasteiger partial charge on any atom is 0.340 e. The molecule has 15 heavy (non-hydrogen) atoms. The number of ether oxygens (including phenoxy) is 1. The molecule has 0 radical (unpaired) electrons. The Bertz CT molecular complexity index is 531. The number of fused-ring (bicyclic) bond motifs is 1. The summed E-state index contributed by atoms with van der Waals surface area (Å²) < 4.78 is 6.58. The number of hydrogen-bond acceptors (Lipinski definition) is 2. The molecular weight excluding hydrogens is 214 g/mol. The quantitative estimate of drug-likeness (QED) is 0.696. The van der Waals surface area contributed by atoms with E-state index in [1.807, 2.05) is 17.7 Å². The van der Waals surface area contributed by atoms with E-state index in [-0.39, 0.29) is 5.97 Å². The van der Waals surface area contributed by atoms with Crippen LogP contribution in [0.1, 0.15) is 10.4 Å². The molecule has 0 spiro atoms. The van der Waals surface area contributed by atoms with Crippen LogP contribution in [0.5, 0.6) is 0 Å². The molecule has 1 aromatic carbocycles. The molecule has 0 aliphatic rings. The third-order valence-corrected chi connectivity index (χ3v) is 2.59. The molecule has 0 unspecified atom stereocenters. The molecule has 0 N–H and O–H groups in total. The summed E-state index contributed by atoms with van der Waals surface area (Å²) in [7, 11) is 3.24. The van der Waals surface area contributed by atoms with Gasteiger partial charge in [-0.05, 0) is 18.2 Å². The zero-order valence-corrected chi connectivity index (χ0v) is 9.21. The first-order chi connectivity index (χ1) is 7.13. The van der Waals surface area contributed by atoms with Crippen LogP contribution in [0.3, 0.4) is 0 Å². The van der Waals surface area contributed by atoms with Crippen molar-refractivity contribution in [1.29, 1.82) is 0 Å². The molecule has 2 aromatic rings. The number of carbonyl (C=O) groups excluding carboxylic acids is 1. The summed E-state index contributed by atoms with van der Waals surface area (Å²) in [6.07, 6.45) is 1.74. The minimum Gasteiger partial charge on any atom is -0.465 e. The van der Waals surface area contributed by atoms with Gasteiger partial charge in [-0.2, -0.15) is 0 Å². The minimum atomic E-state index is -0.345. The second kappa shape index (κ2) is 3.59. The van der Waals surface area contributed by atoms with Crippen molar-refractivity contribution in [2.24, 2.45) is 7.05 Å². The van der Waals surface area contributed by atoms with Gasteiger partial charge >= 0.3 is 5.97 Å². The number of esters is 1. The van der Waals surface area contributed by atoms with E-state index in [4.69, 9.17) is 16.3 Å². The normalized spacial score (nSPS) is 10.6. The lowest BCUT2D eigenvalue weighted by Crippen LogP contribution is -1.99. The maximum absolute atomic E-state index is 11.5. The predicted octanol–water partition coefficient (Wildman–Crippen LogP) is 2.62. The summed E-state index contributed by atoms with van der Waals surface area (Å²) in [6.45, 7) is 0. The standard InChI is InChI=1S/C11H10ClNO2/c1-13-6-9(11(14)15-2)8-5-7(12)3-4-10(8)13/h3-6H,1-2H3. The zero-order chi connectivity index (χ0) is 11.0. The van der Waals surface area contributed by atoms with Gasteiger partial charge in [-0.1, -0.05) is 11.6 Å². The molecule has 0 saturated carbocycles. The Kier molecular flexibility index (Phi) is 2.40. The van der Waals surface area contributed by atoms with Crippen molar-refractivity contribution in [2.75, 3.05) is 7.11 Å². The van der Waals surface area contributed by atoms with Crippen LogP contribution < -0.4 is 0 Å². The van der Waals surface area contributed by atoms with Crippen molar-refractivity contribution in [2.45, 2.75) is 0 Å². The molecule has 0 bridgehead atoms. The van der Waals surface area contributed by atoms with Gasteiger partial charge in [-0.15, -0.1) is 0 Å². The molecule has 0 fully saturated rings. The highest BCUT2D eigenvalue weighted by Crippen LogP contribution is 2.24. The number of nitrogens with zero attached hydrogens (tertiary/aromatic N) is 1. The van der Waals surface area contributed by atoms with Crippen molar-refractivity contribution in [3.63, 3.8) is 0 Å². The number of rotatable bonds is 1. The maximum atomic E-state index is 11.5. The first kappa shape index (κ1) is 10.1. The Balaban J connectivity index is 2.75. The minimum absolute atomic E-state index is 0.345. The molecule has 1 heterocycles. The van der Waals surface area contributed by atoms with Crippen molar-refractivity contribution in [3.05, 3.63) is 35.0 Å². The summed E-state index contributed by atoms with van der Waals surface area (Å²) in [4.78, 5) is 11.5. The molecule has 0 aliphatic heterocycles. The molecule has 0 aliphatic carbocycles. The molecule has 3 nitrogen and oxygen atoms in total. The van der Waals surface area contributed by atoms with E-state index in [1.54, 1.807) is 18.3 Å². The highest BCUT2D eigenvalue weighted by molar-refractivity contribution is 6.31. The van der Waals surface area contributed by atoms with Crippen LogP contribution in [0.15, 0.2) is 24.4 Å². The largest absolute Gasteiger partial charge is 0.465 e. The molecule has 4 heteroatoms. The van der Waals surface area contributed by atoms with Crippen LogP contribution in [0, 0.1) is 0 Å². The summed E-state index contributed by atoms with van der Waals surface area (Å²) >= 11 is 5.89. The van der Waals surface area contributed by atoms with Gasteiger partial charge in [0.25, 0.3) is 0 Å². The highest BCUT2D eigenvalue weighted by atomic mass is 35.5. The summed E-state index contributed by atoms with van der Waals surface area (Å²) in [5.41, 5.74) is 1.50. The van der Waals surface area contributed by atoms with Crippen LogP contribution in [0.25, 0.3) is 10.9 Å². The third kappa shape index (κ3) is 1.59. The molecule has 1 aromatic heterocycles. The number of aryl methyl sites for hydroxylation is 1. The SMILES string of the molecule is COC(=O)c1cn(C)c2ccc(Cl)cc12. The van der Waals surface area contributed by atoms with Crippen LogP contribution in [-0.2, 0) is 11.8 Å². The number of hydrogen-bond donors (Lipinski definition) is 0. The Morgan fingerprint density at radius 3 is 2.87 bits per heavy atom. The average Bonchev–Trinajstić information content (AvgIpc) is 2.54. The van der Waals surface area contributed by atoms with Gasteiger partial charge in [-0.25, -0.2) is 4.79 Å². The molecule has 0 amide bonds. The Labute approximate surface area is 92.2 Å². The smallest absolute Gasteiger partial charge is 0.340 e. The van der Waals surface area contributed by atoms with Crippen LogP contribution >= 0.6 is 11.6 Å². The summed E-state index contributed by atoms with van der Waals surface area (Å²) in [5.74, 6) is -0.345. The fourth-order valence-electron chi connectivity index (χ4n) is 1.64. The zero-order valence-electron chi connectivity index (χ0n) is 8.45. The van der Waals surface area contributed by atoms with E-state index in [0.29, 0.717) is 10.6 Å². The molecule has 0 saturated heterocycles. The summed E-state index contributed by atoms with van der Waals surface area (Å²) in [5, 5.41) is 1.43. The number of benzene rings is 1. The van der Waals surface area contributed by atoms with Crippen molar-refractivity contribution in [1.82, 2.24) is 4.57 Å². The average molecular weight is 224 g/mol. The molecule has 2 rings (SSSR count). The molecule has 0 atom stereocenters. The van der Waals surface area contributed by atoms with Crippen LogP contribution in [-0.4, -0.2) is 17.6 Å². The van der Waals surface area contributed by atoms with Crippen molar-refractivity contribution < 1.29 is 9.53 Å². The monoisotopic (exact) mass is 223 g/mol. The Morgan fingerprint density at radius 2 is 2.20 bits per heavy atom. The second-order valence-corrected chi connectivity index (χ2v) is 3.74. The highest BCUT2D eigenvalue weighted by Gasteiger charge is 2.14. The van der Waals surface area contributed by atoms with E-state index in [1.165, 1.54) is 7.11 Å². The van der Waals surface area contributed by atoms with E-state index >= 15 is 0 Å². The molecular formula is C11H10ClNO2. The first-order valence-electron chi connectivity index (χ1n) is 4.46. The van der Waals surface area contributed by atoms with E-state index in [0.717, 1.165) is 10.9 Å². The molecule has 78 valence electrons. The van der Waals surface area contributed by atoms with Gasteiger partial charge in [0.05, 0.1) is 12.7 Å². The topological polar surface area (TPSA) is 31.2 Å². The second-order valence-electron chi connectivity index (χ2n) is 3.31. The van der Waals surface area contributed by atoms with Gasteiger partial charge in [0, 0.05) is 29.2 Å². The summed E-state index contributed by atoms with van der Waals surface area (Å²) in [6, 6.07) is 5.44. The van der Waals surface area contributed by atoms with Gasteiger partial charge in [-0.3, -0.25) is 0 Å². The van der Waals surface area contributed by atoms with Crippen molar-refractivity contribution >= 4 is 28.5 Å². The van der Waals surface area contributed by atoms with Gasteiger partial charge < -0.3 is 9.30 Å². The lowest BCUT2D eigenvalue weighted by Gasteiger charge is -1.97. The lowest BCUT2D eigenvalue weighted by molar-refractivity contribution is 0.0603. The first-order valence-corrected chi connectivity index (χ1v) is 4.84. The number of carbonyl (C=O) groups is 1. The number of methoxy groups -OCH3 is 1. The number of halogens is 1. The third-order valence-electron chi connectivity index (χ3n) is 2.36. The van der Waals surface area contributed by atoms with Gasteiger partial charge in [0.1, 0.15) is 0 Å². The van der Waals surface area contributed by atoms with E-state index in [9.17, 15) is 4.79 Å². The Hall–Kier alpha value is -1.48. The van der Waals surface area contributed by atoms with Gasteiger partial charge in [0.15, 0.2) is 0 Å². The van der Waals surface area contributed by atoms with E-state index in [2.05, 4.69) is 0 Å². The van der Waals surface area contributed by atoms with E-state index < -0.39 is 0 Å². The lowest BCUT2D eigenvalue weighted by atomic mass is 10.2. The van der Waals surface area contributed by atoms with Crippen LogP contribution in [0.4, 0.5) is 0 Å². The fraction of sp³-hybridized carbons (Fsp3) is 0.182. The van der Waals surface area contributed by atoms with Crippen molar-refractivity contribution in [3.8, 4) is 0 Å². The fourth-order valence-corrected chi connectivity index (χ4v) is 1.81. The van der Waals surface area contributed by atoms with Crippen LogP contribution in [0.2, 0.25) is 5.02 Å². The Morgan fingerprint density at radius 1 is 1.47 bits per heavy atom. The predicted molar refractivity (Wildman–Crippen MR) is 59.3 cm³/mol.